The minimum absolute atomic E-state index is 0.718. The molecule has 3 heteroatoms. The molecule has 0 unspecified atom stereocenters. The van der Waals surface area contributed by atoms with Gasteiger partial charge in [-0.2, -0.15) is 0 Å². The van der Waals surface area contributed by atoms with Crippen LogP contribution in [0, 0.1) is 5.92 Å². The van der Waals surface area contributed by atoms with Gasteiger partial charge in [-0.25, -0.2) is 4.79 Å². The van der Waals surface area contributed by atoms with Crippen molar-refractivity contribution in [3.05, 3.63) is 12.3 Å². The fourth-order valence-electron chi connectivity index (χ4n) is 0.826. The molecule has 70 valence electrons. The molecule has 0 radical (unpaired) electrons. The van der Waals surface area contributed by atoms with Gasteiger partial charge >= 0.3 is 5.97 Å². The molecule has 0 aromatic rings. The van der Waals surface area contributed by atoms with Gasteiger partial charge in [0.25, 0.3) is 0 Å². The monoisotopic (exact) mass is 171 g/mol. The number of nitrogens with one attached hydrogen (secondary N) is 1. The average molecular weight is 171 g/mol. The molecule has 12 heavy (non-hydrogen) atoms. The van der Waals surface area contributed by atoms with Gasteiger partial charge in [0.15, 0.2) is 0 Å². The van der Waals surface area contributed by atoms with E-state index in [1.165, 1.54) is 12.6 Å². The number of rotatable bonds is 6. The van der Waals surface area contributed by atoms with E-state index in [0.717, 1.165) is 25.0 Å². The third-order valence-corrected chi connectivity index (χ3v) is 1.45. The van der Waals surface area contributed by atoms with Crippen LogP contribution in [-0.4, -0.2) is 17.6 Å². The predicted molar refractivity (Wildman–Crippen MR) is 48.9 cm³/mol. The Labute approximate surface area is 73.5 Å². The van der Waals surface area contributed by atoms with E-state index in [0.29, 0.717) is 0 Å². The molecule has 0 heterocycles. The highest BCUT2D eigenvalue weighted by Gasteiger charge is 1.91. The third kappa shape index (κ3) is 9.01. The van der Waals surface area contributed by atoms with E-state index in [1.54, 1.807) is 0 Å². The largest absolute Gasteiger partial charge is 0.478 e. The smallest absolute Gasteiger partial charge is 0.329 e. The fourth-order valence-corrected chi connectivity index (χ4v) is 0.826. The molecule has 0 spiro atoms. The average Bonchev–Trinajstić information content (AvgIpc) is 1.95. The van der Waals surface area contributed by atoms with Gasteiger partial charge in [0.05, 0.1) is 0 Å². The van der Waals surface area contributed by atoms with Crippen LogP contribution in [0.25, 0.3) is 0 Å². The number of hydrogen-bond acceptors (Lipinski definition) is 2. The molecule has 0 amide bonds. The lowest BCUT2D eigenvalue weighted by Crippen LogP contribution is -2.08. The van der Waals surface area contributed by atoms with E-state index < -0.39 is 5.97 Å². The van der Waals surface area contributed by atoms with Crippen LogP contribution in [0.5, 0.6) is 0 Å². The molecule has 0 aliphatic carbocycles. The summed E-state index contributed by atoms with van der Waals surface area (Å²) in [5, 5.41) is 11.1. The summed E-state index contributed by atoms with van der Waals surface area (Å²) >= 11 is 0. The van der Waals surface area contributed by atoms with Gasteiger partial charge in [0, 0.05) is 18.8 Å². The molecule has 0 bridgehead atoms. The van der Waals surface area contributed by atoms with Crippen molar-refractivity contribution in [1.82, 2.24) is 5.32 Å². The molecular weight excluding hydrogens is 154 g/mol. The van der Waals surface area contributed by atoms with Crippen molar-refractivity contribution in [2.45, 2.75) is 26.7 Å². The summed E-state index contributed by atoms with van der Waals surface area (Å²) in [6.07, 6.45) is 4.84. The Morgan fingerprint density at radius 2 is 2.25 bits per heavy atom. The SMILES string of the molecule is CC(C)CCCN/C=C/C(=O)O. The maximum absolute atomic E-state index is 10.0. The Morgan fingerprint density at radius 3 is 2.75 bits per heavy atom. The Balaban J connectivity index is 3.16. The molecular formula is C9H17NO2. The second kappa shape index (κ2) is 6.70. The summed E-state index contributed by atoms with van der Waals surface area (Å²) in [6, 6.07) is 0. The molecule has 0 saturated heterocycles. The molecule has 3 nitrogen and oxygen atoms in total. The summed E-state index contributed by atoms with van der Waals surface area (Å²) in [5.41, 5.74) is 0. The first-order valence-corrected chi connectivity index (χ1v) is 4.25. The molecule has 0 saturated carbocycles. The van der Waals surface area contributed by atoms with E-state index >= 15 is 0 Å². The summed E-state index contributed by atoms with van der Waals surface area (Å²) in [4.78, 5) is 10.0. The summed E-state index contributed by atoms with van der Waals surface area (Å²) in [7, 11) is 0. The van der Waals surface area contributed by atoms with E-state index in [2.05, 4.69) is 19.2 Å². The van der Waals surface area contributed by atoms with Crippen LogP contribution >= 0.6 is 0 Å². The molecule has 0 aliphatic rings. The van der Waals surface area contributed by atoms with E-state index in [1.807, 2.05) is 0 Å². The topological polar surface area (TPSA) is 49.3 Å². The van der Waals surface area contributed by atoms with Crippen molar-refractivity contribution in [1.29, 1.82) is 0 Å². The number of carboxylic acids is 1. The van der Waals surface area contributed by atoms with Gasteiger partial charge in [-0.05, 0) is 18.8 Å². The minimum atomic E-state index is -0.911. The lowest BCUT2D eigenvalue weighted by atomic mass is 10.1. The Bertz CT molecular complexity index is 153. The zero-order valence-corrected chi connectivity index (χ0v) is 7.71. The predicted octanol–water partition coefficient (Wildman–Crippen LogP) is 1.61. The lowest BCUT2D eigenvalue weighted by molar-refractivity contribution is -0.131. The highest BCUT2D eigenvalue weighted by Crippen LogP contribution is 2.01. The van der Waals surface area contributed by atoms with Gasteiger partial charge in [-0.3, -0.25) is 0 Å². The van der Waals surface area contributed by atoms with Gasteiger partial charge in [0.2, 0.25) is 0 Å². The molecule has 0 aromatic heterocycles. The first-order chi connectivity index (χ1) is 5.63. The number of carboxylic acid groups (broad SMARTS) is 1. The fraction of sp³-hybridized carbons (Fsp3) is 0.667. The molecule has 0 rings (SSSR count). The van der Waals surface area contributed by atoms with Crippen molar-refractivity contribution >= 4 is 5.97 Å². The highest BCUT2D eigenvalue weighted by molar-refractivity contribution is 5.79. The van der Waals surface area contributed by atoms with Crippen molar-refractivity contribution in [2.75, 3.05) is 6.54 Å². The first kappa shape index (κ1) is 11.0. The maximum Gasteiger partial charge on any atom is 0.329 e. The normalized spacial score (nSPS) is 10.9. The highest BCUT2D eigenvalue weighted by atomic mass is 16.4. The third-order valence-electron chi connectivity index (χ3n) is 1.45. The van der Waals surface area contributed by atoms with Crippen molar-refractivity contribution in [3.63, 3.8) is 0 Å². The standard InChI is InChI=1S/C9H17NO2/c1-8(2)4-3-6-10-7-5-9(11)12/h5,7-8,10H,3-4,6H2,1-2H3,(H,11,12)/b7-5+. The number of carbonyl (C=O) groups is 1. The number of hydrogen-bond donors (Lipinski definition) is 2. The summed E-state index contributed by atoms with van der Waals surface area (Å²) in [6.45, 7) is 5.20. The minimum Gasteiger partial charge on any atom is -0.478 e. The van der Waals surface area contributed by atoms with E-state index in [9.17, 15) is 4.79 Å². The van der Waals surface area contributed by atoms with Crippen LogP contribution in [0.2, 0.25) is 0 Å². The molecule has 0 fully saturated rings. The first-order valence-electron chi connectivity index (χ1n) is 4.25. The van der Waals surface area contributed by atoms with Crippen LogP contribution in [0.3, 0.4) is 0 Å². The maximum atomic E-state index is 10.0. The summed E-state index contributed by atoms with van der Waals surface area (Å²) < 4.78 is 0. The van der Waals surface area contributed by atoms with E-state index in [-0.39, 0.29) is 0 Å². The lowest BCUT2D eigenvalue weighted by Gasteiger charge is -2.03. The molecule has 0 aliphatic heterocycles. The zero-order valence-electron chi connectivity index (χ0n) is 7.71. The van der Waals surface area contributed by atoms with Crippen molar-refractivity contribution < 1.29 is 9.90 Å². The van der Waals surface area contributed by atoms with Gasteiger partial charge < -0.3 is 10.4 Å². The van der Waals surface area contributed by atoms with Crippen LogP contribution < -0.4 is 5.32 Å². The van der Waals surface area contributed by atoms with Crippen molar-refractivity contribution in [3.8, 4) is 0 Å². The molecule has 0 atom stereocenters. The van der Waals surface area contributed by atoms with Crippen LogP contribution in [0.4, 0.5) is 0 Å². The second-order valence-corrected chi connectivity index (χ2v) is 3.16. The van der Waals surface area contributed by atoms with Crippen LogP contribution in [0.15, 0.2) is 12.3 Å². The Hall–Kier alpha value is -0.990. The second-order valence-electron chi connectivity index (χ2n) is 3.16. The van der Waals surface area contributed by atoms with Gasteiger partial charge in [0.1, 0.15) is 0 Å². The quantitative estimate of drug-likeness (QED) is 0.471. The van der Waals surface area contributed by atoms with Gasteiger partial charge in [-0.15, -0.1) is 0 Å². The zero-order chi connectivity index (χ0) is 9.40. The summed E-state index contributed by atoms with van der Waals surface area (Å²) in [5.74, 6) is -0.193. The van der Waals surface area contributed by atoms with Crippen molar-refractivity contribution in [2.24, 2.45) is 5.92 Å². The molecule has 0 aromatic carbocycles. The van der Waals surface area contributed by atoms with Gasteiger partial charge in [-0.1, -0.05) is 13.8 Å². The van der Waals surface area contributed by atoms with Crippen LogP contribution in [-0.2, 0) is 4.79 Å². The van der Waals surface area contributed by atoms with E-state index in [4.69, 9.17) is 5.11 Å². The molecule has 2 N–H and O–H groups in total. The number of aliphatic carboxylic acids is 1. The Morgan fingerprint density at radius 1 is 1.58 bits per heavy atom. The van der Waals surface area contributed by atoms with Crippen LogP contribution in [0.1, 0.15) is 26.7 Å². The Kier molecular flexibility index (Phi) is 6.15.